The lowest BCUT2D eigenvalue weighted by molar-refractivity contribution is -0.132. The van der Waals surface area contributed by atoms with Crippen molar-refractivity contribution >= 4 is 17.8 Å². The van der Waals surface area contributed by atoms with Crippen molar-refractivity contribution in [2.75, 3.05) is 0 Å². The Hall–Kier alpha value is -1.90. The Morgan fingerprint density at radius 3 is 2.81 bits per heavy atom. The molecule has 0 saturated heterocycles. The Bertz CT molecular complexity index is 498. The van der Waals surface area contributed by atoms with Gasteiger partial charge in [-0.2, -0.15) is 0 Å². The average molecular weight is 216 g/mol. The van der Waals surface area contributed by atoms with Crippen molar-refractivity contribution in [3.8, 4) is 0 Å². The van der Waals surface area contributed by atoms with Crippen LogP contribution in [0.4, 0.5) is 0 Å². The summed E-state index contributed by atoms with van der Waals surface area (Å²) in [5.41, 5.74) is 2.94. The molecule has 0 amide bonds. The smallest absolute Gasteiger partial charge is 0.331 e. The van der Waals surface area contributed by atoms with E-state index in [-0.39, 0.29) is 5.78 Å². The van der Waals surface area contributed by atoms with Crippen LogP contribution in [-0.4, -0.2) is 16.9 Å². The molecule has 1 aromatic rings. The number of benzene rings is 1. The summed E-state index contributed by atoms with van der Waals surface area (Å²) in [4.78, 5) is 22.1. The van der Waals surface area contributed by atoms with E-state index in [1.165, 1.54) is 0 Å². The normalized spacial score (nSPS) is 15.1. The summed E-state index contributed by atoms with van der Waals surface area (Å²) < 4.78 is 0. The zero-order valence-electron chi connectivity index (χ0n) is 8.99. The predicted molar refractivity (Wildman–Crippen MR) is 60.4 cm³/mol. The zero-order valence-corrected chi connectivity index (χ0v) is 8.99. The lowest BCUT2D eigenvalue weighted by Crippen LogP contribution is -1.96. The quantitative estimate of drug-likeness (QED) is 0.772. The molecule has 0 aliphatic heterocycles. The molecule has 3 nitrogen and oxygen atoms in total. The van der Waals surface area contributed by atoms with E-state index in [1.807, 2.05) is 6.07 Å². The summed E-state index contributed by atoms with van der Waals surface area (Å²) in [6, 6.07) is 5.47. The number of carbonyl (C=O) groups excluding carboxylic acids is 1. The number of carboxylic acid groups (broad SMARTS) is 1. The van der Waals surface area contributed by atoms with Crippen LogP contribution in [0.3, 0.4) is 0 Å². The number of hydrogen-bond acceptors (Lipinski definition) is 2. The molecule has 2 rings (SSSR count). The van der Waals surface area contributed by atoms with Crippen LogP contribution in [0.2, 0.25) is 0 Å². The monoisotopic (exact) mass is 216 g/mol. The van der Waals surface area contributed by atoms with Gasteiger partial charge in [0.2, 0.25) is 0 Å². The Kier molecular flexibility index (Phi) is 2.60. The molecule has 1 N–H and O–H groups in total. The van der Waals surface area contributed by atoms with E-state index in [4.69, 9.17) is 5.11 Å². The van der Waals surface area contributed by atoms with Gasteiger partial charge in [0.1, 0.15) is 0 Å². The Labute approximate surface area is 93.4 Å². The number of hydrogen-bond donors (Lipinski definition) is 1. The van der Waals surface area contributed by atoms with Crippen LogP contribution in [0.5, 0.6) is 0 Å². The van der Waals surface area contributed by atoms with Crippen molar-refractivity contribution in [2.45, 2.75) is 19.8 Å². The van der Waals surface area contributed by atoms with E-state index in [0.717, 1.165) is 23.1 Å². The van der Waals surface area contributed by atoms with Crippen molar-refractivity contribution in [1.82, 2.24) is 0 Å². The minimum atomic E-state index is -0.920. The summed E-state index contributed by atoms with van der Waals surface area (Å²) >= 11 is 0. The maximum absolute atomic E-state index is 11.4. The molecule has 0 atom stereocenters. The summed E-state index contributed by atoms with van der Waals surface area (Å²) in [6.07, 6.45) is 2.95. The number of aryl methyl sites for hydroxylation is 1. The van der Waals surface area contributed by atoms with Gasteiger partial charge in [0, 0.05) is 17.6 Å². The third-order valence-electron chi connectivity index (χ3n) is 2.77. The third kappa shape index (κ3) is 1.89. The fraction of sp³-hybridized carbons (Fsp3) is 0.231. The van der Waals surface area contributed by atoms with Gasteiger partial charge in [-0.15, -0.1) is 0 Å². The maximum Gasteiger partial charge on any atom is 0.331 e. The molecule has 0 fully saturated rings. The lowest BCUT2D eigenvalue weighted by Gasteiger charge is -2.00. The fourth-order valence-corrected chi connectivity index (χ4v) is 1.88. The lowest BCUT2D eigenvalue weighted by atomic mass is 10.0. The standard InChI is InChI=1S/C13H12O3/c1-8(13(15)16)6-9-2-4-11-10(7-9)3-5-12(11)14/h2,4,6-7H,3,5H2,1H3,(H,15,16). The second kappa shape index (κ2) is 3.93. The van der Waals surface area contributed by atoms with Gasteiger partial charge in [0.05, 0.1) is 0 Å². The number of carbonyl (C=O) groups is 2. The molecule has 16 heavy (non-hydrogen) atoms. The highest BCUT2D eigenvalue weighted by Crippen LogP contribution is 2.23. The minimum Gasteiger partial charge on any atom is -0.478 e. The number of rotatable bonds is 2. The molecule has 1 aromatic carbocycles. The first-order valence-corrected chi connectivity index (χ1v) is 5.15. The van der Waals surface area contributed by atoms with Crippen LogP contribution in [0, 0.1) is 0 Å². The highest BCUT2D eigenvalue weighted by atomic mass is 16.4. The molecular formula is C13H12O3. The van der Waals surface area contributed by atoms with E-state index in [9.17, 15) is 9.59 Å². The highest BCUT2D eigenvalue weighted by molar-refractivity contribution is 6.00. The van der Waals surface area contributed by atoms with Gasteiger partial charge in [0.25, 0.3) is 0 Å². The van der Waals surface area contributed by atoms with Gasteiger partial charge in [-0.3, -0.25) is 4.79 Å². The summed E-state index contributed by atoms with van der Waals surface area (Å²) in [5, 5.41) is 8.76. The van der Waals surface area contributed by atoms with Gasteiger partial charge in [0.15, 0.2) is 5.78 Å². The number of ketones is 1. The molecule has 0 saturated carbocycles. The summed E-state index contributed by atoms with van der Waals surface area (Å²) in [7, 11) is 0. The topological polar surface area (TPSA) is 54.4 Å². The van der Waals surface area contributed by atoms with Crippen molar-refractivity contribution in [3.05, 3.63) is 40.5 Å². The first-order valence-electron chi connectivity index (χ1n) is 5.15. The van der Waals surface area contributed by atoms with Gasteiger partial charge >= 0.3 is 5.97 Å². The SMILES string of the molecule is CC(=Cc1ccc2c(c1)CCC2=O)C(=O)O. The molecule has 0 unspecified atom stereocenters. The van der Waals surface area contributed by atoms with Crippen LogP contribution in [-0.2, 0) is 11.2 Å². The summed E-state index contributed by atoms with van der Waals surface area (Å²) in [5.74, 6) is -0.739. The van der Waals surface area contributed by atoms with Gasteiger partial charge < -0.3 is 5.11 Å². The van der Waals surface area contributed by atoms with Crippen LogP contribution in [0.1, 0.15) is 34.8 Å². The number of carboxylic acids is 1. The largest absolute Gasteiger partial charge is 0.478 e. The van der Waals surface area contributed by atoms with Gasteiger partial charge in [-0.1, -0.05) is 18.2 Å². The number of aliphatic carboxylic acids is 1. The van der Waals surface area contributed by atoms with Crippen LogP contribution in [0.15, 0.2) is 23.8 Å². The van der Waals surface area contributed by atoms with Gasteiger partial charge in [-0.05, 0) is 30.5 Å². The molecule has 1 aliphatic carbocycles. The fourth-order valence-electron chi connectivity index (χ4n) is 1.88. The van der Waals surface area contributed by atoms with Crippen LogP contribution >= 0.6 is 0 Å². The van der Waals surface area contributed by atoms with Crippen LogP contribution in [0.25, 0.3) is 6.08 Å². The number of Topliss-reactive ketones (excluding diaryl/α,β-unsaturated/α-hetero) is 1. The highest BCUT2D eigenvalue weighted by Gasteiger charge is 2.18. The zero-order chi connectivity index (χ0) is 11.7. The van der Waals surface area contributed by atoms with E-state index >= 15 is 0 Å². The van der Waals surface area contributed by atoms with Crippen molar-refractivity contribution in [2.24, 2.45) is 0 Å². The van der Waals surface area contributed by atoms with Crippen molar-refractivity contribution in [3.63, 3.8) is 0 Å². The van der Waals surface area contributed by atoms with E-state index in [2.05, 4.69) is 0 Å². The molecule has 0 bridgehead atoms. The minimum absolute atomic E-state index is 0.181. The maximum atomic E-state index is 11.4. The first-order chi connectivity index (χ1) is 7.58. The molecular weight excluding hydrogens is 204 g/mol. The molecule has 0 spiro atoms. The second-order valence-electron chi connectivity index (χ2n) is 3.97. The molecule has 0 heterocycles. The molecule has 3 heteroatoms. The Morgan fingerprint density at radius 2 is 2.12 bits per heavy atom. The predicted octanol–water partition coefficient (Wildman–Crippen LogP) is 2.30. The van der Waals surface area contributed by atoms with E-state index < -0.39 is 5.97 Å². The van der Waals surface area contributed by atoms with E-state index in [1.54, 1.807) is 25.1 Å². The molecule has 0 aromatic heterocycles. The number of fused-ring (bicyclic) bond motifs is 1. The van der Waals surface area contributed by atoms with Gasteiger partial charge in [-0.25, -0.2) is 4.79 Å². The molecule has 1 aliphatic rings. The second-order valence-corrected chi connectivity index (χ2v) is 3.97. The van der Waals surface area contributed by atoms with E-state index in [0.29, 0.717) is 12.0 Å². The molecule has 0 radical (unpaired) electrons. The summed E-state index contributed by atoms with van der Waals surface area (Å²) in [6.45, 7) is 1.56. The average Bonchev–Trinajstić information content (AvgIpc) is 2.60. The third-order valence-corrected chi connectivity index (χ3v) is 2.77. The Morgan fingerprint density at radius 1 is 1.38 bits per heavy atom. The first kappa shape index (κ1) is 10.6. The van der Waals surface area contributed by atoms with Crippen LogP contribution < -0.4 is 0 Å². The Balaban J connectivity index is 2.36. The van der Waals surface area contributed by atoms with Crippen molar-refractivity contribution in [1.29, 1.82) is 0 Å². The van der Waals surface area contributed by atoms with Crippen molar-refractivity contribution < 1.29 is 14.7 Å². The molecule has 82 valence electrons.